The Morgan fingerprint density at radius 2 is 2.08 bits per heavy atom. The third-order valence-electron chi connectivity index (χ3n) is 5.20. The lowest BCUT2D eigenvalue weighted by Crippen LogP contribution is -2.51. The summed E-state index contributed by atoms with van der Waals surface area (Å²) in [5, 5.41) is 19.6. The average molecular weight is 359 g/mol. The van der Waals surface area contributed by atoms with Crippen molar-refractivity contribution < 1.29 is 14.6 Å². The van der Waals surface area contributed by atoms with Crippen molar-refractivity contribution in [2.45, 2.75) is 52.6 Å². The number of anilines is 1. The Morgan fingerprint density at radius 1 is 1.35 bits per heavy atom. The molecule has 1 atom stereocenters. The third kappa shape index (κ3) is 3.07. The van der Waals surface area contributed by atoms with E-state index >= 15 is 0 Å². The van der Waals surface area contributed by atoms with E-state index in [-0.39, 0.29) is 11.9 Å². The number of aromatic hydroxyl groups is 1. The number of aromatic nitrogens is 3. The molecule has 0 saturated carbocycles. The Balaban J connectivity index is 1.72. The highest BCUT2D eigenvalue weighted by atomic mass is 16.5. The Labute approximate surface area is 152 Å². The van der Waals surface area contributed by atoms with E-state index in [1.807, 2.05) is 20.8 Å². The quantitative estimate of drug-likeness (QED) is 0.655. The van der Waals surface area contributed by atoms with Crippen LogP contribution in [0.15, 0.2) is 0 Å². The third-order valence-corrected chi connectivity index (χ3v) is 5.20. The first-order valence-electron chi connectivity index (χ1n) is 8.68. The molecule has 0 unspecified atom stereocenters. The summed E-state index contributed by atoms with van der Waals surface area (Å²) in [4.78, 5) is 16.7. The highest BCUT2D eigenvalue weighted by molar-refractivity contribution is 5.85. The standard InChI is InChI=1S/C18H25N5O3/c1-9-10(2)15-12(11(3)14(9)24)5-7-18(4,26-15)16(25)20-8-6-13-21-17(19)23-22-13/h24H,5-8H2,1-4H3,(H,20,25)(H3,19,21,22,23)/t18-/m1/s1. The molecule has 3 rings (SSSR count). The number of hydrogen-bond acceptors (Lipinski definition) is 6. The predicted molar refractivity (Wildman–Crippen MR) is 97.2 cm³/mol. The zero-order chi connectivity index (χ0) is 19.1. The first-order chi connectivity index (χ1) is 12.2. The number of carbonyl (C=O) groups is 1. The minimum atomic E-state index is -0.950. The minimum absolute atomic E-state index is 0.168. The van der Waals surface area contributed by atoms with Gasteiger partial charge in [0, 0.05) is 24.9 Å². The van der Waals surface area contributed by atoms with E-state index in [2.05, 4.69) is 20.5 Å². The van der Waals surface area contributed by atoms with Gasteiger partial charge in [0.15, 0.2) is 5.60 Å². The van der Waals surface area contributed by atoms with Gasteiger partial charge >= 0.3 is 0 Å². The van der Waals surface area contributed by atoms with Crippen LogP contribution in [-0.4, -0.2) is 38.3 Å². The number of nitrogens with zero attached hydrogens (tertiary/aromatic N) is 2. The molecule has 8 heteroatoms. The van der Waals surface area contributed by atoms with Crippen molar-refractivity contribution in [2.24, 2.45) is 0 Å². The number of amides is 1. The van der Waals surface area contributed by atoms with Gasteiger partial charge in [0.2, 0.25) is 5.95 Å². The van der Waals surface area contributed by atoms with Crippen LogP contribution in [0.1, 0.15) is 41.4 Å². The van der Waals surface area contributed by atoms with Gasteiger partial charge in [-0.05, 0) is 50.8 Å². The number of H-pyrrole nitrogens is 1. The van der Waals surface area contributed by atoms with Crippen molar-refractivity contribution in [2.75, 3.05) is 12.3 Å². The van der Waals surface area contributed by atoms with E-state index in [0.29, 0.717) is 43.1 Å². The summed E-state index contributed by atoms with van der Waals surface area (Å²) in [6.07, 6.45) is 1.73. The van der Waals surface area contributed by atoms with Crippen LogP contribution in [0.3, 0.4) is 0 Å². The number of nitrogen functional groups attached to an aromatic ring is 1. The largest absolute Gasteiger partial charge is 0.507 e. The van der Waals surface area contributed by atoms with Crippen molar-refractivity contribution in [1.82, 2.24) is 20.5 Å². The Hall–Kier alpha value is -2.77. The van der Waals surface area contributed by atoms with Gasteiger partial charge in [-0.1, -0.05) is 0 Å². The normalized spacial score (nSPS) is 18.9. The van der Waals surface area contributed by atoms with Crippen molar-refractivity contribution in [1.29, 1.82) is 0 Å². The van der Waals surface area contributed by atoms with Crippen LogP contribution in [0.25, 0.3) is 0 Å². The highest BCUT2D eigenvalue weighted by Gasteiger charge is 2.40. The number of aromatic amines is 1. The number of phenolic OH excluding ortho intramolecular Hbond substituents is 1. The number of benzene rings is 1. The fraction of sp³-hybridized carbons (Fsp3) is 0.500. The molecule has 1 aromatic heterocycles. The minimum Gasteiger partial charge on any atom is -0.507 e. The number of carbonyl (C=O) groups excluding carboxylic acids is 1. The molecule has 0 spiro atoms. The van der Waals surface area contributed by atoms with Crippen LogP contribution >= 0.6 is 0 Å². The van der Waals surface area contributed by atoms with Crippen molar-refractivity contribution in [3.8, 4) is 11.5 Å². The van der Waals surface area contributed by atoms with E-state index in [1.165, 1.54) is 0 Å². The number of ether oxygens (including phenoxy) is 1. The summed E-state index contributed by atoms with van der Waals surface area (Å²) in [5.74, 6) is 1.67. The first-order valence-corrected chi connectivity index (χ1v) is 8.68. The second-order valence-corrected chi connectivity index (χ2v) is 7.01. The lowest BCUT2D eigenvalue weighted by atomic mass is 9.86. The monoisotopic (exact) mass is 359 g/mol. The maximum absolute atomic E-state index is 12.7. The van der Waals surface area contributed by atoms with Crippen molar-refractivity contribution in [3.05, 3.63) is 28.1 Å². The molecule has 0 radical (unpaired) electrons. The number of rotatable bonds is 4. The maximum atomic E-state index is 12.7. The SMILES string of the molecule is Cc1c(C)c2c(c(C)c1O)CC[C@](C)(C(=O)NCCc1nc(N)n[nH]1)O2. The highest BCUT2D eigenvalue weighted by Crippen LogP contribution is 2.43. The molecule has 140 valence electrons. The van der Waals surface area contributed by atoms with E-state index in [4.69, 9.17) is 10.5 Å². The van der Waals surface area contributed by atoms with Gasteiger partial charge in [-0.15, -0.1) is 5.10 Å². The molecule has 1 aliphatic rings. The van der Waals surface area contributed by atoms with Gasteiger partial charge in [0.25, 0.3) is 5.91 Å². The zero-order valence-electron chi connectivity index (χ0n) is 15.6. The number of fused-ring (bicyclic) bond motifs is 1. The number of hydrogen-bond donors (Lipinski definition) is 4. The molecule has 8 nitrogen and oxygen atoms in total. The zero-order valence-corrected chi connectivity index (χ0v) is 15.6. The van der Waals surface area contributed by atoms with Gasteiger partial charge < -0.3 is 20.9 Å². The average Bonchev–Trinajstić information content (AvgIpc) is 3.03. The summed E-state index contributed by atoms with van der Waals surface area (Å²) in [6.45, 7) is 7.86. The molecule has 0 fully saturated rings. The molecule has 0 aliphatic carbocycles. The van der Waals surface area contributed by atoms with E-state index in [1.54, 1.807) is 6.92 Å². The number of nitrogens with two attached hydrogens (primary N) is 1. The lowest BCUT2D eigenvalue weighted by molar-refractivity contribution is -0.136. The molecule has 2 aromatic rings. The van der Waals surface area contributed by atoms with E-state index < -0.39 is 5.60 Å². The molecule has 5 N–H and O–H groups in total. The summed E-state index contributed by atoms with van der Waals surface area (Å²) >= 11 is 0. The Kier molecular flexibility index (Phi) is 4.52. The van der Waals surface area contributed by atoms with Gasteiger partial charge in [-0.3, -0.25) is 9.89 Å². The van der Waals surface area contributed by atoms with Gasteiger partial charge in [-0.2, -0.15) is 4.98 Å². The Morgan fingerprint density at radius 3 is 2.73 bits per heavy atom. The summed E-state index contributed by atoms with van der Waals surface area (Å²) in [5.41, 5.74) is 7.98. The lowest BCUT2D eigenvalue weighted by Gasteiger charge is -2.36. The summed E-state index contributed by atoms with van der Waals surface area (Å²) in [6, 6.07) is 0. The molecule has 0 bridgehead atoms. The molecule has 2 heterocycles. The molecule has 1 aromatic carbocycles. The van der Waals surface area contributed by atoms with Crippen LogP contribution in [0.2, 0.25) is 0 Å². The van der Waals surface area contributed by atoms with Gasteiger partial charge in [0.05, 0.1) is 0 Å². The fourth-order valence-electron chi connectivity index (χ4n) is 3.31. The maximum Gasteiger partial charge on any atom is 0.263 e. The van der Waals surface area contributed by atoms with E-state index in [0.717, 1.165) is 22.3 Å². The molecular formula is C18H25N5O3. The number of phenols is 1. The molecular weight excluding hydrogens is 334 g/mol. The van der Waals surface area contributed by atoms with Crippen LogP contribution < -0.4 is 15.8 Å². The van der Waals surface area contributed by atoms with Crippen molar-refractivity contribution >= 4 is 11.9 Å². The summed E-state index contributed by atoms with van der Waals surface area (Å²) < 4.78 is 6.16. The summed E-state index contributed by atoms with van der Waals surface area (Å²) in [7, 11) is 0. The Bertz CT molecular complexity index is 861. The predicted octanol–water partition coefficient (Wildman–Crippen LogP) is 1.46. The molecule has 1 aliphatic heterocycles. The second-order valence-electron chi connectivity index (χ2n) is 7.01. The van der Waals surface area contributed by atoms with Gasteiger partial charge in [0.1, 0.15) is 17.3 Å². The molecule has 26 heavy (non-hydrogen) atoms. The van der Waals surface area contributed by atoms with Crippen LogP contribution in [0.4, 0.5) is 5.95 Å². The van der Waals surface area contributed by atoms with Crippen LogP contribution in [-0.2, 0) is 17.6 Å². The number of nitrogens with one attached hydrogen (secondary N) is 2. The van der Waals surface area contributed by atoms with Crippen LogP contribution in [0.5, 0.6) is 11.5 Å². The molecule has 1 amide bonds. The van der Waals surface area contributed by atoms with E-state index in [9.17, 15) is 9.90 Å². The molecule has 0 saturated heterocycles. The van der Waals surface area contributed by atoms with Crippen LogP contribution in [0, 0.1) is 20.8 Å². The second kappa shape index (κ2) is 6.51. The topological polar surface area (TPSA) is 126 Å². The first kappa shape index (κ1) is 18.0. The van der Waals surface area contributed by atoms with Crippen molar-refractivity contribution in [3.63, 3.8) is 0 Å². The smallest absolute Gasteiger partial charge is 0.263 e. The van der Waals surface area contributed by atoms with Gasteiger partial charge in [-0.25, -0.2) is 0 Å². The fourth-order valence-corrected chi connectivity index (χ4v) is 3.31.